The number of fused-ring (bicyclic) bond motifs is 3. The zero-order chi connectivity index (χ0) is 25.1. The van der Waals surface area contributed by atoms with Crippen molar-refractivity contribution in [2.75, 3.05) is 37.7 Å². The Morgan fingerprint density at radius 1 is 1.19 bits per heavy atom. The lowest BCUT2D eigenvalue weighted by Crippen LogP contribution is -2.41. The van der Waals surface area contributed by atoms with Crippen LogP contribution in [0, 0.1) is 5.82 Å². The maximum Gasteiger partial charge on any atom is 0.258 e. The van der Waals surface area contributed by atoms with Crippen molar-refractivity contribution in [3.05, 3.63) is 76.7 Å². The van der Waals surface area contributed by atoms with E-state index in [1.54, 1.807) is 28.0 Å². The summed E-state index contributed by atoms with van der Waals surface area (Å²) in [5, 5.41) is 4.99. The number of hydrogen-bond donors (Lipinski definition) is 1. The molecule has 1 saturated heterocycles. The maximum absolute atomic E-state index is 14.0. The number of ether oxygens (including phenoxy) is 1. The lowest BCUT2D eigenvalue weighted by Gasteiger charge is -2.33. The third-order valence-corrected chi connectivity index (χ3v) is 7.26. The molecular weight excluding hydrogens is 501 g/mol. The summed E-state index contributed by atoms with van der Waals surface area (Å²) in [6.07, 6.45) is 5.58. The lowest BCUT2D eigenvalue weighted by molar-refractivity contribution is 0.0669. The fourth-order valence-electron chi connectivity index (χ4n) is 5.13. The number of aromatic nitrogens is 5. The molecule has 1 fully saturated rings. The van der Waals surface area contributed by atoms with Crippen molar-refractivity contribution in [2.45, 2.75) is 12.5 Å². The average molecular weight is 522 g/mol. The van der Waals surface area contributed by atoms with Crippen molar-refractivity contribution in [3.63, 3.8) is 0 Å². The first-order chi connectivity index (χ1) is 18.1. The molecule has 0 spiro atoms. The molecule has 12 heteroatoms. The number of amides is 1. The number of nitrogens with one attached hydrogen (secondary N) is 1. The molecular formula is C25H21ClFN7O3. The van der Waals surface area contributed by atoms with Gasteiger partial charge in [0.15, 0.2) is 11.6 Å². The molecule has 188 valence electrons. The standard InChI is InChI=1S/C25H21ClFN7O3/c26-16-10-19-15(11-30-34(19)12-20(16)32-5-7-36-8-6-32)25(35)33-4-3-17-22(29-13-28-17)23(33)24-31-18-9-14(27)1-2-21(18)37-24/h1-2,9-13,23H,3-8H2,(H,28,29)/t23-/m0/s1. The predicted molar refractivity (Wildman–Crippen MR) is 132 cm³/mol. The number of anilines is 1. The number of hydrogen-bond acceptors (Lipinski definition) is 7. The summed E-state index contributed by atoms with van der Waals surface area (Å²) in [5.74, 6) is -0.396. The topological polar surface area (TPSA) is 105 Å². The van der Waals surface area contributed by atoms with Crippen molar-refractivity contribution in [3.8, 4) is 0 Å². The van der Waals surface area contributed by atoms with Crippen LogP contribution in [0.5, 0.6) is 0 Å². The van der Waals surface area contributed by atoms with Gasteiger partial charge in [0, 0.05) is 37.8 Å². The van der Waals surface area contributed by atoms with Crippen molar-refractivity contribution < 1.29 is 18.3 Å². The van der Waals surface area contributed by atoms with Gasteiger partial charge in [-0.25, -0.2) is 18.9 Å². The van der Waals surface area contributed by atoms with Gasteiger partial charge in [0.25, 0.3) is 5.91 Å². The highest BCUT2D eigenvalue weighted by Gasteiger charge is 2.38. The Labute approximate surface area is 214 Å². The number of imidazole rings is 1. The number of carbonyl (C=O) groups is 1. The van der Waals surface area contributed by atoms with E-state index in [9.17, 15) is 9.18 Å². The summed E-state index contributed by atoms with van der Waals surface area (Å²) in [6, 6.07) is 5.24. The molecule has 0 bridgehead atoms. The summed E-state index contributed by atoms with van der Waals surface area (Å²) in [6.45, 7) is 3.13. The molecule has 5 aromatic rings. The van der Waals surface area contributed by atoms with Gasteiger partial charge >= 0.3 is 0 Å². The second-order valence-electron chi connectivity index (χ2n) is 9.08. The molecule has 0 radical (unpaired) electrons. The summed E-state index contributed by atoms with van der Waals surface area (Å²) in [4.78, 5) is 29.9. The molecule has 2 aliphatic heterocycles. The van der Waals surface area contributed by atoms with Gasteiger partial charge in [-0.3, -0.25) is 4.79 Å². The van der Waals surface area contributed by atoms with Crippen molar-refractivity contribution >= 4 is 39.8 Å². The van der Waals surface area contributed by atoms with E-state index in [4.69, 9.17) is 20.8 Å². The Kier molecular flexibility index (Phi) is 5.15. The van der Waals surface area contributed by atoms with Crippen LogP contribution in [0.1, 0.15) is 33.7 Å². The smallest absolute Gasteiger partial charge is 0.258 e. The van der Waals surface area contributed by atoms with Crippen LogP contribution in [0.25, 0.3) is 16.6 Å². The fourth-order valence-corrected chi connectivity index (χ4v) is 5.40. The van der Waals surface area contributed by atoms with Gasteiger partial charge in [-0.05, 0) is 18.2 Å². The molecule has 0 unspecified atom stereocenters. The third kappa shape index (κ3) is 3.65. The largest absolute Gasteiger partial charge is 0.438 e. The Morgan fingerprint density at radius 2 is 2.05 bits per heavy atom. The first-order valence-corrected chi connectivity index (χ1v) is 12.3. The van der Waals surface area contributed by atoms with E-state index in [0.29, 0.717) is 59.1 Å². The molecule has 1 amide bonds. The summed E-state index contributed by atoms with van der Waals surface area (Å²) < 4.78 is 26.9. The third-order valence-electron chi connectivity index (χ3n) is 6.95. The highest BCUT2D eigenvalue weighted by atomic mass is 35.5. The van der Waals surface area contributed by atoms with Gasteiger partial charge in [-0.2, -0.15) is 5.10 Å². The molecule has 7 rings (SSSR count). The molecule has 1 atom stereocenters. The molecule has 6 heterocycles. The molecule has 1 aromatic carbocycles. The summed E-state index contributed by atoms with van der Waals surface area (Å²) >= 11 is 6.67. The lowest BCUT2D eigenvalue weighted by atomic mass is 10.0. The number of carbonyl (C=O) groups excluding carboxylic acids is 1. The molecule has 0 saturated carbocycles. The van der Waals surface area contributed by atoms with Crippen molar-refractivity contribution in [2.24, 2.45) is 0 Å². The molecule has 0 aliphatic carbocycles. The number of oxazole rings is 1. The summed E-state index contributed by atoms with van der Waals surface area (Å²) in [5.41, 5.74) is 4.21. The maximum atomic E-state index is 14.0. The van der Waals surface area contributed by atoms with Crippen LogP contribution in [0.4, 0.5) is 10.1 Å². The van der Waals surface area contributed by atoms with Crippen LogP contribution >= 0.6 is 11.6 Å². The Bertz CT molecular complexity index is 1650. The fraction of sp³-hybridized carbons (Fsp3) is 0.280. The minimum Gasteiger partial charge on any atom is -0.438 e. The van der Waals surface area contributed by atoms with Crippen LogP contribution in [0.3, 0.4) is 0 Å². The molecule has 37 heavy (non-hydrogen) atoms. The average Bonchev–Trinajstić information content (AvgIpc) is 3.65. The quantitative estimate of drug-likeness (QED) is 0.386. The van der Waals surface area contributed by atoms with E-state index < -0.39 is 11.9 Å². The van der Waals surface area contributed by atoms with Crippen molar-refractivity contribution in [1.82, 2.24) is 29.5 Å². The van der Waals surface area contributed by atoms with E-state index in [1.165, 1.54) is 18.2 Å². The van der Waals surface area contributed by atoms with E-state index >= 15 is 0 Å². The number of benzene rings is 1. The molecule has 4 aromatic heterocycles. The number of morpholine rings is 1. The van der Waals surface area contributed by atoms with Gasteiger partial charge in [0.05, 0.1) is 59.4 Å². The van der Waals surface area contributed by atoms with Crippen LogP contribution in [0.15, 0.2) is 47.4 Å². The number of pyridine rings is 1. The van der Waals surface area contributed by atoms with Crippen LogP contribution in [-0.4, -0.2) is 68.2 Å². The number of H-pyrrole nitrogens is 1. The highest BCUT2D eigenvalue weighted by molar-refractivity contribution is 6.33. The molecule has 10 nitrogen and oxygen atoms in total. The Balaban J connectivity index is 1.29. The number of halogens is 2. The predicted octanol–water partition coefficient (Wildman–Crippen LogP) is 3.62. The Hall–Kier alpha value is -3.96. The van der Waals surface area contributed by atoms with Crippen LogP contribution < -0.4 is 4.90 Å². The number of aromatic amines is 1. The zero-order valence-corrected chi connectivity index (χ0v) is 20.3. The van der Waals surface area contributed by atoms with Crippen molar-refractivity contribution in [1.29, 1.82) is 0 Å². The second kappa shape index (κ2) is 8.56. The SMILES string of the molecule is O=C(c1cnn2cc(N3CCOCC3)c(Cl)cc12)N1CCc2[nH]cnc2[C@H]1c1nc2cc(F)ccc2o1. The van der Waals surface area contributed by atoms with E-state index in [-0.39, 0.29) is 11.8 Å². The molecule has 1 N–H and O–H groups in total. The van der Waals surface area contributed by atoms with Gasteiger partial charge in [-0.15, -0.1) is 0 Å². The normalized spacial score (nSPS) is 18.1. The first kappa shape index (κ1) is 22.3. The monoisotopic (exact) mass is 521 g/mol. The second-order valence-corrected chi connectivity index (χ2v) is 9.48. The first-order valence-electron chi connectivity index (χ1n) is 12.0. The van der Waals surface area contributed by atoms with E-state index in [0.717, 1.165) is 24.5 Å². The van der Waals surface area contributed by atoms with Crippen LogP contribution in [-0.2, 0) is 11.2 Å². The van der Waals surface area contributed by atoms with Gasteiger partial charge in [0.2, 0.25) is 5.89 Å². The van der Waals surface area contributed by atoms with E-state index in [1.807, 2.05) is 6.20 Å². The Morgan fingerprint density at radius 3 is 2.92 bits per heavy atom. The minimum absolute atomic E-state index is 0.253. The van der Waals surface area contributed by atoms with Gasteiger partial charge < -0.3 is 23.9 Å². The number of rotatable bonds is 3. The highest BCUT2D eigenvalue weighted by Crippen LogP contribution is 2.36. The van der Waals surface area contributed by atoms with Gasteiger partial charge in [-0.1, -0.05) is 11.6 Å². The minimum atomic E-state index is -0.684. The van der Waals surface area contributed by atoms with Crippen LogP contribution in [0.2, 0.25) is 5.02 Å². The zero-order valence-electron chi connectivity index (χ0n) is 19.5. The summed E-state index contributed by atoms with van der Waals surface area (Å²) in [7, 11) is 0. The number of nitrogens with zero attached hydrogens (tertiary/aromatic N) is 6. The molecule has 2 aliphatic rings. The van der Waals surface area contributed by atoms with Gasteiger partial charge in [0.1, 0.15) is 11.3 Å². The van der Waals surface area contributed by atoms with E-state index in [2.05, 4.69) is 25.0 Å².